The Labute approximate surface area is 86.3 Å². The second-order valence-corrected chi connectivity index (χ2v) is 3.81. The van der Waals surface area contributed by atoms with E-state index < -0.39 is 0 Å². The highest BCUT2D eigenvalue weighted by Gasteiger charge is 2.04. The average Bonchev–Trinajstić information content (AvgIpc) is 2.18. The first kappa shape index (κ1) is 11.2. The van der Waals surface area contributed by atoms with Crippen molar-refractivity contribution in [1.82, 2.24) is 0 Å². The van der Waals surface area contributed by atoms with Gasteiger partial charge in [0.1, 0.15) is 0 Å². The van der Waals surface area contributed by atoms with Crippen molar-refractivity contribution in [2.24, 2.45) is 11.5 Å². The lowest BCUT2D eigenvalue weighted by molar-refractivity contribution is 0.591. The average molecular weight is 192 g/mol. The molecular formula is C12H20N2. The molecule has 0 aromatic heterocycles. The quantitative estimate of drug-likeness (QED) is 0.702. The number of nitrogens with two attached hydrogens (primary N) is 2. The van der Waals surface area contributed by atoms with Crippen molar-refractivity contribution in [3.63, 3.8) is 0 Å². The summed E-state index contributed by atoms with van der Waals surface area (Å²) in [5.41, 5.74) is 14.0. The molecule has 1 rings (SSSR count). The van der Waals surface area contributed by atoms with Crippen LogP contribution in [0.2, 0.25) is 0 Å². The topological polar surface area (TPSA) is 52.0 Å². The summed E-state index contributed by atoms with van der Waals surface area (Å²) in [6.45, 7) is 2.86. The summed E-state index contributed by atoms with van der Waals surface area (Å²) in [4.78, 5) is 0. The fourth-order valence-electron chi connectivity index (χ4n) is 1.58. The highest BCUT2D eigenvalue weighted by Crippen LogP contribution is 2.17. The Bertz CT molecular complexity index is 271. The Kier molecular flexibility index (Phi) is 4.63. The van der Waals surface area contributed by atoms with Gasteiger partial charge >= 0.3 is 0 Å². The SMILES string of the molecule is Cc1cccc([C@H](N)CCCCN)c1. The minimum absolute atomic E-state index is 0.168. The van der Waals surface area contributed by atoms with Gasteiger partial charge in [0.05, 0.1) is 0 Å². The molecule has 1 aromatic rings. The zero-order valence-electron chi connectivity index (χ0n) is 8.87. The fraction of sp³-hybridized carbons (Fsp3) is 0.500. The van der Waals surface area contributed by atoms with Gasteiger partial charge in [-0.25, -0.2) is 0 Å². The third kappa shape index (κ3) is 3.48. The van der Waals surface area contributed by atoms with Crippen LogP contribution in [0.4, 0.5) is 0 Å². The van der Waals surface area contributed by atoms with Crippen LogP contribution in [0, 0.1) is 6.92 Å². The van der Waals surface area contributed by atoms with Crippen molar-refractivity contribution in [3.05, 3.63) is 35.4 Å². The van der Waals surface area contributed by atoms with Crippen molar-refractivity contribution < 1.29 is 0 Å². The van der Waals surface area contributed by atoms with Gasteiger partial charge in [-0.2, -0.15) is 0 Å². The molecule has 0 unspecified atom stereocenters. The van der Waals surface area contributed by atoms with Crippen molar-refractivity contribution in [2.75, 3.05) is 6.54 Å². The smallest absolute Gasteiger partial charge is 0.0294 e. The zero-order valence-corrected chi connectivity index (χ0v) is 8.87. The predicted octanol–water partition coefficient (Wildman–Crippen LogP) is 2.12. The standard InChI is InChI=1S/C12H20N2/c1-10-5-4-6-11(9-10)12(14)7-2-3-8-13/h4-6,9,12H,2-3,7-8,13-14H2,1H3/t12-/m1/s1. The first-order valence-corrected chi connectivity index (χ1v) is 5.26. The molecule has 0 saturated carbocycles. The van der Waals surface area contributed by atoms with Gasteiger partial charge in [-0.3, -0.25) is 0 Å². The van der Waals surface area contributed by atoms with Gasteiger partial charge in [0.2, 0.25) is 0 Å². The van der Waals surface area contributed by atoms with Gasteiger partial charge in [0, 0.05) is 6.04 Å². The van der Waals surface area contributed by atoms with Crippen molar-refractivity contribution >= 4 is 0 Å². The molecule has 2 heteroatoms. The Balaban J connectivity index is 2.47. The highest BCUT2D eigenvalue weighted by molar-refractivity contribution is 5.24. The number of benzene rings is 1. The third-order valence-electron chi connectivity index (χ3n) is 2.44. The highest BCUT2D eigenvalue weighted by atomic mass is 14.6. The lowest BCUT2D eigenvalue weighted by Gasteiger charge is -2.12. The third-order valence-corrected chi connectivity index (χ3v) is 2.44. The second-order valence-electron chi connectivity index (χ2n) is 3.81. The molecule has 1 aromatic carbocycles. The molecule has 0 amide bonds. The predicted molar refractivity (Wildman–Crippen MR) is 61.0 cm³/mol. The summed E-state index contributed by atoms with van der Waals surface area (Å²) in [5.74, 6) is 0. The van der Waals surface area contributed by atoms with Gasteiger partial charge < -0.3 is 11.5 Å². The van der Waals surface area contributed by atoms with Crippen LogP contribution in [0.1, 0.15) is 36.4 Å². The molecule has 1 atom stereocenters. The van der Waals surface area contributed by atoms with E-state index in [0.29, 0.717) is 0 Å². The van der Waals surface area contributed by atoms with Crippen LogP contribution in [0.3, 0.4) is 0 Å². The molecule has 0 bridgehead atoms. The van der Waals surface area contributed by atoms with Crippen LogP contribution in [0.25, 0.3) is 0 Å². The summed E-state index contributed by atoms with van der Waals surface area (Å²) in [5, 5.41) is 0. The molecule has 0 aliphatic heterocycles. The van der Waals surface area contributed by atoms with E-state index in [1.54, 1.807) is 0 Å². The van der Waals surface area contributed by atoms with E-state index in [-0.39, 0.29) is 6.04 Å². The maximum Gasteiger partial charge on any atom is 0.0294 e. The maximum absolute atomic E-state index is 6.06. The Hall–Kier alpha value is -0.860. The van der Waals surface area contributed by atoms with Crippen LogP contribution in [0.5, 0.6) is 0 Å². The molecule has 14 heavy (non-hydrogen) atoms. The van der Waals surface area contributed by atoms with Crippen LogP contribution in [-0.2, 0) is 0 Å². The molecular weight excluding hydrogens is 172 g/mol. The fourth-order valence-corrected chi connectivity index (χ4v) is 1.58. The molecule has 0 saturated heterocycles. The Morgan fingerprint density at radius 1 is 1.29 bits per heavy atom. The van der Waals surface area contributed by atoms with E-state index in [0.717, 1.165) is 25.8 Å². The molecule has 0 aliphatic carbocycles. The maximum atomic E-state index is 6.06. The van der Waals surface area contributed by atoms with Crippen molar-refractivity contribution in [2.45, 2.75) is 32.2 Å². The largest absolute Gasteiger partial charge is 0.330 e. The minimum Gasteiger partial charge on any atom is -0.330 e. The molecule has 0 radical (unpaired) electrons. The number of rotatable bonds is 5. The first-order chi connectivity index (χ1) is 6.74. The zero-order chi connectivity index (χ0) is 10.4. The van der Waals surface area contributed by atoms with Crippen molar-refractivity contribution in [1.29, 1.82) is 0 Å². The van der Waals surface area contributed by atoms with Crippen LogP contribution in [0.15, 0.2) is 24.3 Å². The minimum atomic E-state index is 0.168. The van der Waals surface area contributed by atoms with E-state index in [4.69, 9.17) is 11.5 Å². The van der Waals surface area contributed by atoms with Crippen LogP contribution in [-0.4, -0.2) is 6.54 Å². The monoisotopic (exact) mass is 192 g/mol. The van der Waals surface area contributed by atoms with E-state index in [2.05, 4.69) is 31.2 Å². The van der Waals surface area contributed by atoms with E-state index in [1.165, 1.54) is 11.1 Å². The summed E-state index contributed by atoms with van der Waals surface area (Å²) in [7, 11) is 0. The summed E-state index contributed by atoms with van der Waals surface area (Å²) in [6, 6.07) is 8.58. The van der Waals surface area contributed by atoms with Crippen LogP contribution >= 0.6 is 0 Å². The summed E-state index contributed by atoms with van der Waals surface area (Å²) < 4.78 is 0. The van der Waals surface area contributed by atoms with E-state index in [9.17, 15) is 0 Å². The Morgan fingerprint density at radius 2 is 2.07 bits per heavy atom. The second kappa shape index (κ2) is 5.78. The van der Waals surface area contributed by atoms with E-state index >= 15 is 0 Å². The summed E-state index contributed by atoms with van der Waals surface area (Å²) in [6.07, 6.45) is 3.21. The lowest BCUT2D eigenvalue weighted by atomic mass is 10.0. The van der Waals surface area contributed by atoms with Crippen LogP contribution < -0.4 is 11.5 Å². The van der Waals surface area contributed by atoms with Gasteiger partial charge in [0.25, 0.3) is 0 Å². The van der Waals surface area contributed by atoms with Gasteiger partial charge in [0.15, 0.2) is 0 Å². The van der Waals surface area contributed by atoms with E-state index in [1.807, 2.05) is 0 Å². The molecule has 0 heterocycles. The first-order valence-electron chi connectivity index (χ1n) is 5.26. The Morgan fingerprint density at radius 3 is 2.71 bits per heavy atom. The number of hydrogen-bond donors (Lipinski definition) is 2. The molecule has 0 aliphatic rings. The molecule has 78 valence electrons. The molecule has 0 spiro atoms. The van der Waals surface area contributed by atoms with Gasteiger partial charge in [-0.1, -0.05) is 36.2 Å². The van der Waals surface area contributed by atoms with Gasteiger partial charge in [-0.05, 0) is 31.9 Å². The normalized spacial score (nSPS) is 12.8. The molecule has 4 N–H and O–H groups in total. The number of unbranched alkanes of at least 4 members (excludes halogenated alkanes) is 1. The number of hydrogen-bond acceptors (Lipinski definition) is 2. The number of aryl methyl sites for hydroxylation is 1. The molecule has 2 nitrogen and oxygen atoms in total. The molecule has 0 fully saturated rings. The summed E-state index contributed by atoms with van der Waals surface area (Å²) >= 11 is 0. The van der Waals surface area contributed by atoms with Gasteiger partial charge in [-0.15, -0.1) is 0 Å². The lowest BCUT2D eigenvalue weighted by Crippen LogP contribution is -2.11. The van der Waals surface area contributed by atoms with Crippen molar-refractivity contribution in [3.8, 4) is 0 Å².